The number of sulfonamides is 1. The van der Waals surface area contributed by atoms with Gasteiger partial charge < -0.3 is 10.8 Å². The first kappa shape index (κ1) is 14.2. The SMILES string of the molecule is Nc1ccc(Cl)c(S(=O)(=O)NCCCCO)c1. The van der Waals surface area contributed by atoms with Crippen molar-refractivity contribution in [1.29, 1.82) is 0 Å². The van der Waals surface area contributed by atoms with E-state index in [1.54, 1.807) is 0 Å². The summed E-state index contributed by atoms with van der Waals surface area (Å²) in [4.78, 5) is -0.0248. The Morgan fingerprint density at radius 1 is 1.35 bits per heavy atom. The van der Waals surface area contributed by atoms with Crippen molar-refractivity contribution in [2.45, 2.75) is 17.7 Å². The Kier molecular flexibility index (Phi) is 5.20. The largest absolute Gasteiger partial charge is 0.399 e. The number of nitrogen functional groups attached to an aromatic ring is 1. The molecule has 1 aromatic carbocycles. The van der Waals surface area contributed by atoms with Gasteiger partial charge in [0, 0.05) is 18.8 Å². The Bertz CT molecular complexity index is 476. The first-order chi connectivity index (χ1) is 7.97. The molecule has 0 saturated heterocycles. The number of nitrogens with two attached hydrogens (primary N) is 1. The van der Waals surface area contributed by atoms with E-state index in [0.29, 0.717) is 18.5 Å². The third kappa shape index (κ3) is 4.16. The van der Waals surface area contributed by atoms with Crippen LogP contribution >= 0.6 is 11.6 Å². The van der Waals surface area contributed by atoms with Gasteiger partial charge in [-0.2, -0.15) is 0 Å². The molecule has 0 saturated carbocycles. The summed E-state index contributed by atoms with van der Waals surface area (Å²) in [5.74, 6) is 0. The molecule has 0 aliphatic rings. The highest BCUT2D eigenvalue weighted by atomic mass is 35.5. The minimum Gasteiger partial charge on any atom is -0.399 e. The summed E-state index contributed by atoms with van der Waals surface area (Å²) in [7, 11) is -3.64. The van der Waals surface area contributed by atoms with Crippen LogP contribution in [-0.4, -0.2) is 26.7 Å². The van der Waals surface area contributed by atoms with Crippen molar-refractivity contribution in [2.24, 2.45) is 0 Å². The molecule has 5 nitrogen and oxygen atoms in total. The molecule has 0 unspecified atom stereocenters. The van der Waals surface area contributed by atoms with Crippen LogP contribution in [0.5, 0.6) is 0 Å². The van der Waals surface area contributed by atoms with Crippen LogP contribution in [0.15, 0.2) is 23.1 Å². The second-order valence-corrected chi connectivity index (χ2v) is 5.66. The van der Waals surface area contributed by atoms with Gasteiger partial charge in [0.05, 0.1) is 5.02 Å². The van der Waals surface area contributed by atoms with Crippen molar-refractivity contribution in [3.05, 3.63) is 23.2 Å². The number of anilines is 1. The van der Waals surface area contributed by atoms with Crippen LogP contribution in [0.25, 0.3) is 0 Å². The molecule has 96 valence electrons. The molecule has 0 spiro atoms. The zero-order chi connectivity index (χ0) is 12.9. The van der Waals surface area contributed by atoms with Gasteiger partial charge in [-0.3, -0.25) is 0 Å². The van der Waals surface area contributed by atoms with E-state index in [-0.39, 0.29) is 23.1 Å². The second kappa shape index (κ2) is 6.20. The van der Waals surface area contributed by atoms with E-state index in [1.807, 2.05) is 0 Å². The van der Waals surface area contributed by atoms with Gasteiger partial charge in [0.25, 0.3) is 0 Å². The summed E-state index contributed by atoms with van der Waals surface area (Å²) >= 11 is 5.81. The van der Waals surface area contributed by atoms with E-state index in [9.17, 15) is 8.42 Å². The molecule has 4 N–H and O–H groups in total. The molecule has 0 aliphatic heterocycles. The Hall–Kier alpha value is -0.820. The molecule has 0 radical (unpaired) electrons. The number of hydrogen-bond acceptors (Lipinski definition) is 4. The predicted molar refractivity (Wildman–Crippen MR) is 67.4 cm³/mol. The Morgan fingerprint density at radius 2 is 2.06 bits per heavy atom. The van der Waals surface area contributed by atoms with Gasteiger partial charge in [0.15, 0.2) is 0 Å². The number of unbranched alkanes of at least 4 members (excludes halogenated alkanes) is 1. The van der Waals surface area contributed by atoms with Crippen LogP contribution in [0, 0.1) is 0 Å². The van der Waals surface area contributed by atoms with E-state index in [2.05, 4.69) is 4.72 Å². The van der Waals surface area contributed by atoms with Crippen LogP contribution < -0.4 is 10.5 Å². The number of halogens is 1. The number of aliphatic hydroxyl groups is 1. The molecule has 0 heterocycles. The van der Waals surface area contributed by atoms with Gasteiger partial charge in [0.2, 0.25) is 10.0 Å². The number of benzene rings is 1. The molecule has 0 amide bonds. The normalized spacial score (nSPS) is 11.6. The maximum atomic E-state index is 11.9. The first-order valence-electron chi connectivity index (χ1n) is 5.13. The van der Waals surface area contributed by atoms with Gasteiger partial charge in [-0.15, -0.1) is 0 Å². The molecular formula is C10H15ClN2O3S. The number of nitrogens with one attached hydrogen (secondary N) is 1. The van der Waals surface area contributed by atoms with Crippen molar-refractivity contribution in [1.82, 2.24) is 4.72 Å². The molecule has 0 bridgehead atoms. The first-order valence-corrected chi connectivity index (χ1v) is 6.99. The zero-order valence-corrected chi connectivity index (χ0v) is 10.8. The minimum absolute atomic E-state index is 0.0248. The van der Waals surface area contributed by atoms with Gasteiger partial charge >= 0.3 is 0 Å². The predicted octanol–water partition coefficient (Wildman–Crippen LogP) is 0.973. The van der Waals surface area contributed by atoms with E-state index in [0.717, 1.165) is 0 Å². The fraction of sp³-hybridized carbons (Fsp3) is 0.400. The Balaban J connectivity index is 2.79. The maximum absolute atomic E-state index is 11.9. The molecular weight excluding hydrogens is 264 g/mol. The monoisotopic (exact) mass is 278 g/mol. The van der Waals surface area contributed by atoms with Gasteiger partial charge in [-0.25, -0.2) is 13.1 Å². The molecule has 0 atom stereocenters. The zero-order valence-electron chi connectivity index (χ0n) is 9.19. The Morgan fingerprint density at radius 3 is 2.71 bits per heavy atom. The van der Waals surface area contributed by atoms with Gasteiger partial charge in [-0.05, 0) is 31.0 Å². The van der Waals surface area contributed by atoms with Crippen molar-refractivity contribution >= 4 is 27.3 Å². The van der Waals surface area contributed by atoms with Crippen LogP contribution in [0.3, 0.4) is 0 Å². The molecule has 17 heavy (non-hydrogen) atoms. The fourth-order valence-corrected chi connectivity index (χ4v) is 2.85. The van der Waals surface area contributed by atoms with Crippen LogP contribution in [-0.2, 0) is 10.0 Å². The van der Waals surface area contributed by atoms with E-state index < -0.39 is 10.0 Å². The molecule has 1 aromatic rings. The number of aliphatic hydroxyl groups excluding tert-OH is 1. The maximum Gasteiger partial charge on any atom is 0.242 e. The highest BCUT2D eigenvalue weighted by Gasteiger charge is 2.17. The minimum atomic E-state index is -3.64. The lowest BCUT2D eigenvalue weighted by Gasteiger charge is -2.08. The summed E-state index contributed by atoms with van der Waals surface area (Å²) < 4.78 is 26.1. The highest BCUT2D eigenvalue weighted by Crippen LogP contribution is 2.23. The van der Waals surface area contributed by atoms with Crippen LogP contribution in [0.4, 0.5) is 5.69 Å². The smallest absolute Gasteiger partial charge is 0.242 e. The second-order valence-electron chi connectivity index (χ2n) is 3.52. The number of hydrogen-bond donors (Lipinski definition) is 3. The average Bonchev–Trinajstić information content (AvgIpc) is 2.28. The van der Waals surface area contributed by atoms with E-state index >= 15 is 0 Å². The summed E-state index contributed by atoms with van der Waals surface area (Å²) in [6.07, 6.45) is 1.11. The molecule has 0 aliphatic carbocycles. The van der Waals surface area contributed by atoms with Crippen LogP contribution in [0.2, 0.25) is 5.02 Å². The fourth-order valence-electron chi connectivity index (χ4n) is 1.25. The topological polar surface area (TPSA) is 92.4 Å². The average molecular weight is 279 g/mol. The standard InChI is InChI=1S/C10H15ClN2O3S/c11-9-4-3-8(12)7-10(9)17(15,16)13-5-1-2-6-14/h3-4,7,13-14H,1-2,5-6,12H2. The third-order valence-electron chi connectivity index (χ3n) is 2.12. The summed E-state index contributed by atoms with van der Waals surface area (Å²) in [5.41, 5.74) is 5.85. The number of rotatable bonds is 6. The van der Waals surface area contributed by atoms with Crippen LogP contribution in [0.1, 0.15) is 12.8 Å². The van der Waals surface area contributed by atoms with E-state index in [1.165, 1.54) is 18.2 Å². The summed E-state index contributed by atoms with van der Waals surface area (Å²) in [6, 6.07) is 4.29. The molecule has 7 heteroatoms. The lowest BCUT2D eigenvalue weighted by atomic mass is 10.3. The van der Waals surface area contributed by atoms with Crippen molar-refractivity contribution in [2.75, 3.05) is 18.9 Å². The van der Waals surface area contributed by atoms with E-state index in [4.69, 9.17) is 22.4 Å². The van der Waals surface area contributed by atoms with Crippen molar-refractivity contribution in [3.8, 4) is 0 Å². The van der Waals surface area contributed by atoms with Gasteiger partial charge in [0.1, 0.15) is 4.90 Å². The lowest BCUT2D eigenvalue weighted by Crippen LogP contribution is -2.25. The summed E-state index contributed by atoms with van der Waals surface area (Å²) in [5, 5.41) is 8.71. The molecule has 0 fully saturated rings. The van der Waals surface area contributed by atoms with Gasteiger partial charge in [-0.1, -0.05) is 11.6 Å². The van der Waals surface area contributed by atoms with Crippen molar-refractivity contribution in [3.63, 3.8) is 0 Å². The summed E-state index contributed by atoms with van der Waals surface area (Å²) in [6.45, 7) is 0.300. The molecule has 0 aromatic heterocycles. The highest BCUT2D eigenvalue weighted by molar-refractivity contribution is 7.89. The Labute approximate surface area is 106 Å². The quantitative estimate of drug-likeness (QED) is 0.534. The lowest BCUT2D eigenvalue weighted by molar-refractivity contribution is 0.285. The van der Waals surface area contributed by atoms with Crippen molar-refractivity contribution < 1.29 is 13.5 Å². The third-order valence-corrected chi connectivity index (χ3v) is 4.06. The molecule has 1 rings (SSSR count).